The topological polar surface area (TPSA) is 71.7 Å². The Labute approximate surface area is 126 Å². The molecule has 1 amide bonds. The fraction of sp³-hybridized carbons (Fsp3) is 0.600. The predicted molar refractivity (Wildman–Crippen MR) is 84.3 cm³/mol. The van der Waals surface area contributed by atoms with Crippen LogP contribution in [0.1, 0.15) is 26.5 Å². The number of aromatic nitrogens is 1. The Hall–Kier alpha value is -1.82. The van der Waals surface area contributed by atoms with Crippen molar-refractivity contribution in [2.24, 2.45) is 5.73 Å². The first-order chi connectivity index (χ1) is 9.73. The van der Waals surface area contributed by atoms with Crippen LogP contribution < -0.4 is 10.6 Å². The zero-order valence-corrected chi connectivity index (χ0v) is 13.6. The molecule has 0 aliphatic heterocycles. The number of nitrogens with zero attached hydrogens (tertiary/aromatic N) is 3. The van der Waals surface area contributed by atoms with Crippen molar-refractivity contribution in [2.45, 2.75) is 32.9 Å². The lowest BCUT2D eigenvalue weighted by Crippen LogP contribution is -2.38. The number of hydrogen-bond donors (Lipinski definition) is 1. The summed E-state index contributed by atoms with van der Waals surface area (Å²) in [6.07, 6.45) is -0.320. The number of ether oxygens (including phenoxy) is 1. The van der Waals surface area contributed by atoms with Gasteiger partial charge in [0.05, 0.1) is 5.69 Å². The van der Waals surface area contributed by atoms with Gasteiger partial charge in [0.15, 0.2) is 0 Å². The summed E-state index contributed by atoms with van der Waals surface area (Å²) in [7, 11) is 3.66. The molecular weight excluding hydrogens is 268 g/mol. The zero-order chi connectivity index (χ0) is 16.0. The molecule has 6 nitrogen and oxygen atoms in total. The summed E-state index contributed by atoms with van der Waals surface area (Å²) < 4.78 is 5.31. The van der Waals surface area contributed by atoms with Gasteiger partial charge in [-0.15, -0.1) is 0 Å². The molecular formula is C15H26N4O2. The van der Waals surface area contributed by atoms with Crippen LogP contribution >= 0.6 is 0 Å². The van der Waals surface area contributed by atoms with Crippen LogP contribution in [0.3, 0.4) is 0 Å². The summed E-state index contributed by atoms with van der Waals surface area (Å²) in [5.41, 5.74) is 5.96. The largest absolute Gasteiger partial charge is 0.444 e. The SMILES string of the molecule is CN(CCN(C)c1cccc(CN)n1)C(=O)OC(C)(C)C. The van der Waals surface area contributed by atoms with Gasteiger partial charge in [0.25, 0.3) is 0 Å². The smallest absolute Gasteiger partial charge is 0.410 e. The van der Waals surface area contributed by atoms with Crippen LogP contribution in [0.4, 0.5) is 10.6 Å². The standard InChI is InChI=1S/C15H26N4O2/c1-15(2,3)21-14(20)19(5)10-9-18(4)13-8-6-7-12(11-16)17-13/h6-8H,9-11,16H2,1-5H3. The predicted octanol–water partition coefficient (Wildman–Crippen LogP) is 1.84. The molecule has 0 aliphatic rings. The number of pyridine rings is 1. The van der Waals surface area contributed by atoms with E-state index in [0.717, 1.165) is 11.5 Å². The third kappa shape index (κ3) is 5.99. The molecule has 0 saturated carbocycles. The molecule has 2 N–H and O–H groups in total. The molecule has 0 radical (unpaired) electrons. The summed E-state index contributed by atoms with van der Waals surface area (Å²) >= 11 is 0. The lowest BCUT2D eigenvalue weighted by Gasteiger charge is -2.26. The fourth-order valence-electron chi connectivity index (χ4n) is 1.64. The van der Waals surface area contributed by atoms with Crippen molar-refractivity contribution in [1.82, 2.24) is 9.88 Å². The minimum atomic E-state index is -0.478. The Kier molecular flexibility index (Phi) is 5.96. The molecule has 0 atom stereocenters. The Morgan fingerprint density at radius 1 is 1.29 bits per heavy atom. The molecule has 0 bridgehead atoms. The van der Waals surface area contributed by atoms with E-state index in [2.05, 4.69) is 4.98 Å². The summed E-state index contributed by atoms with van der Waals surface area (Å²) in [4.78, 5) is 19.9. The summed E-state index contributed by atoms with van der Waals surface area (Å²) in [5.74, 6) is 0.843. The number of carbonyl (C=O) groups is 1. The van der Waals surface area contributed by atoms with Crippen LogP contribution in [0.25, 0.3) is 0 Å². The quantitative estimate of drug-likeness (QED) is 0.897. The van der Waals surface area contributed by atoms with Gasteiger partial charge in [0.2, 0.25) is 0 Å². The molecule has 1 aromatic heterocycles. The maximum atomic E-state index is 11.9. The Bertz CT molecular complexity index is 471. The Balaban J connectivity index is 2.52. The van der Waals surface area contributed by atoms with E-state index in [4.69, 9.17) is 10.5 Å². The highest BCUT2D eigenvalue weighted by Crippen LogP contribution is 2.11. The highest BCUT2D eigenvalue weighted by Gasteiger charge is 2.19. The van der Waals surface area contributed by atoms with E-state index < -0.39 is 5.60 Å². The molecule has 0 fully saturated rings. The average molecular weight is 294 g/mol. The zero-order valence-electron chi connectivity index (χ0n) is 13.6. The van der Waals surface area contributed by atoms with Crippen molar-refractivity contribution in [2.75, 3.05) is 32.1 Å². The van der Waals surface area contributed by atoms with Gasteiger partial charge in [0, 0.05) is 33.7 Å². The first-order valence-electron chi connectivity index (χ1n) is 7.04. The van der Waals surface area contributed by atoms with Gasteiger partial charge in [0.1, 0.15) is 11.4 Å². The maximum absolute atomic E-state index is 11.9. The van der Waals surface area contributed by atoms with Crippen molar-refractivity contribution in [3.05, 3.63) is 23.9 Å². The normalized spacial score (nSPS) is 11.1. The van der Waals surface area contributed by atoms with E-state index in [9.17, 15) is 4.79 Å². The molecule has 21 heavy (non-hydrogen) atoms. The van der Waals surface area contributed by atoms with Crippen LogP contribution in [0.15, 0.2) is 18.2 Å². The molecule has 1 heterocycles. The lowest BCUT2D eigenvalue weighted by atomic mass is 10.2. The van der Waals surface area contributed by atoms with Crippen molar-refractivity contribution < 1.29 is 9.53 Å². The van der Waals surface area contributed by atoms with Crippen molar-refractivity contribution in [3.8, 4) is 0 Å². The second kappa shape index (κ2) is 7.26. The molecule has 118 valence electrons. The fourth-order valence-corrected chi connectivity index (χ4v) is 1.64. The molecule has 0 unspecified atom stereocenters. The van der Waals surface area contributed by atoms with E-state index in [0.29, 0.717) is 19.6 Å². The number of carbonyl (C=O) groups excluding carboxylic acids is 1. The van der Waals surface area contributed by atoms with Crippen molar-refractivity contribution in [1.29, 1.82) is 0 Å². The molecule has 1 rings (SSSR count). The number of rotatable bonds is 5. The van der Waals surface area contributed by atoms with Crippen LogP contribution in [-0.2, 0) is 11.3 Å². The van der Waals surface area contributed by atoms with E-state index in [-0.39, 0.29) is 6.09 Å². The minimum Gasteiger partial charge on any atom is -0.444 e. The van der Waals surface area contributed by atoms with Gasteiger partial charge in [-0.2, -0.15) is 0 Å². The summed E-state index contributed by atoms with van der Waals surface area (Å²) in [6.45, 7) is 7.20. The van der Waals surface area contributed by atoms with Crippen LogP contribution in [0, 0.1) is 0 Å². The van der Waals surface area contributed by atoms with E-state index in [1.807, 2.05) is 50.9 Å². The van der Waals surface area contributed by atoms with E-state index in [1.165, 1.54) is 0 Å². The third-order valence-corrected chi connectivity index (χ3v) is 2.87. The second-order valence-corrected chi connectivity index (χ2v) is 6.01. The molecule has 1 aromatic rings. The third-order valence-electron chi connectivity index (χ3n) is 2.87. The van der Waals surface area contributed by atoms with E-state index >= 15 is 0 Å². The van der Waals surface area contributed by atoms with Crippen LogP contribution in [0.5, 0.6) is 0 Å². The maximum Gasteiger partial charge on any atom is 0.410 e. The summed E-state index contributed by atoms with van der Waals surface area (Å²) in [5, 5.41) is 0. The molecule has 0 spiro atoms. The van der Waals surface area contributed by atoms with Crippen molar-refractivity contribution in [3.63, 3.8) is 0 Å². The number of likely N-dealkylation sites (N-methyl/N-ethyl adjacent to an activating group) is 2. The summed E-state index contributed by atoms with van der Waals surface area (Å²) in [6, 6.07) is 5.75. The lowest BCUT2D eigenvalue weighted by molar-refractivity contribution is 0.0303. The molecule has 0 saturated heterocycles. The Morgan fingerprint density at radius 2 is 1.95 bits per heavy atom. The highest BCUT2D eigenvalue weighted by molar-refractivity contribution is 5.67. The molecule has 0 aromatic carbocycles. The van der Waals surface area contributed by atoms with Gasteiger partial charge < -0.3 is 20.3 Å². The molecule has 6 heteroatoms. The Morgan fingerprint density at radius 3 is 2.52 bits per heavy atom. The van der Waals surface area contributed by atoms with Gasteiger partial charge in [-0.25, -0.2) is 9.78 Å². The van der Waals surface area contributed by atoms with Gasteiger partial charge in [-0.05, 0) is 32.9 Å². The van der Waals surface area contributed by atoms with Gasteiger partial charge in [-0.3, -0.25) is 0 Å². The average Bonchev–Trinajstić information content (AvgIpc) is 2.42. The van der Waals surface area contributed by atoms with Crippen molar-refractivity contribution >= 4 is 11.9 Å². The van der Waals surface area contributed by atoms with Crippen LogP contribution in [-0.4, -0.2) is 48.8 Å². The van der Waals surface area contributed by atoms with E-state index in [1.54, 1.807) is 11.9 Å². The highest BCUT2D eigenvalue weighted by atomic mass is 16.6. The second-order valence-electron chi connectivity index (χ2n) is 6.01. The van der Waals surface area contributed by atoms with Gasteiger partial charge in [-0.1, -0.05) is 6.07 Å². The first-order valence-corrected chi connectivity index (χ1v) is 7.04. The van der Waals surface area contributed by atoms with Gasteiger partial charge >= 0.3 is 6.09 Å². The number of amides is 1. The number of nitrogens with two attached hydrogens (primary N) is 1. The number of anilines is 1. The molecule has 0 aliphatic carbocycles. The van der Waals surface area contributed by atoms with Crippen LogP contribution in [0.2, 0.25) is 0 Å². The minimum absolute atomic E-state index is 0.320. The first kappa shape index (κ1) is 17.2. The monoisotopic (exact) mass is 294 g/mol. The number of hydrogen-bond acceptors (Lipinski definition) is 5.